The number of carbonyl (C=O) groups excluding carboxylic acids is 3. The number of anilines is 2. The number of carbonyl (C=O) groups is 3. The number of fused-ring (bicyclic) bond motifs is 1. The van der Waals surface area contributed by atoms with Crippen molar-refractivity contribution >= 4 is 29.2 Å². The van der Waals surface area contributed by atoms with Gasteiger partial charge < -0.3 is 35.0 Å². The van der Waals surface area contributed by atoms with Crippen molar-refractivity contribution in [1.82, 2.24) is 9.80 Å². The van der Waals surface area contributed by atoms with Crippen LogP contribution < -0.4 is 15.4 Å². The van der Waals surface area contributed by atoms with Crippen molar-refractivity contribution < 1.29 is 42.1 Å². The quantitative estimate of drug-likeness (QED) is 0.247. The Labute approximate surface area is 290 Å². The number of rotatable bonds is 7. The first-order valence-electron chi connectivity index (χ1n) is 16.7. The van der Waals surface area contributed by atoms with Gasteiger partial charge in [-0.15, -0.1) is 0 Å². The first kappa shape index (κ1) is 38.2. The van der Waals surface area contributed by atoms with Crippen LogP contribution in [-0.4, -0.2) is 84.4 Å². The Morgan fingerprint density at radius 2 is 1.68 bits per heavy atom. The number of urea groups is 1. The second-order valence-electron chi connectivity index (χ2n) is 12.7. The van der Waals surface area contributed by atoms with E-state index in [2.05, 4.69) is 10.6 Å². The lowest BCUT2D eigenvalue weighted by molar-refractivity contribution is -0.137. The van der Waals surface area contributed by atoms with Crippen LogP contribution >= 0.6 is 0 Å². The summed E-state index contributed by atoms with van der Waals surface area (Å²) in [4.78, 5) is 43.2. The number of amides is 4. The largest absolute Gasteiger partial charge is 0.490 e. The van der Waals surface area contributed by atoms with E-state index in [0.717, 1.165) is 18.6 Å². The molecule has 4 atom stereocenters. The Morgan fingerprint density at radius 1 is 1.00 bits per heavy atom. The van der Waals surface area contributed by atoms with Gasteiger partial charge in [0.1, 0.15) is 5.75 Å². The highest BCUT2D eigenvalue weighted by Crippen LogP contribution is 2.31. The first-order chi connectivity index (χ1) is 23.8. The summed E-state index contributed by atoms with van der Waals surface area (Å²) in [6.07, 6.45) is -3.11. The third-order valence-corrected chi connectivity index (χ3v) is 8.61. The number of hydrogen-bond acceptors (Lipinski definition) is 6. The molecule has 10 nitrogen and oxygen atoms in total. The van der Waals surface area contributed by atoms with Crippen molar-refractivity contribution in [2.24, 2.45) is 5.92 Å². The minimum atomic E-state index is -4.49. The molecule has 50 heavy (non-hydrogen) atoms. The van der Waals surface area contributed by atoms with Crippen LogP contribution in [-0.2, 0) is 10.9 Å². The summed E-state index contributed by atoms with van der Waals surface area (Å²) < 4.78 is 51.5. The fourth-order valence-corrected chi connectivity index (χ4v) is 5.57. The fraction of sp³-hybridized carbons (Fsp3) is 0.432. The van der Waals surface area contributed by atoms with E-state index in [0.29, 0.717) is 36.4 Å². The van der Waals surface area contributed by atoms with E-state index >= 15 is 0 Å². The molecule has 4 amide bonds. The van der Waals surface area contributed by atoms with Gasteiger partial charge in [-0.2, -0.15) is 13.2 Å². The molecule has 0 aliphatic carbocycles. The lowest BCUT2D eigenvalue weighted by Crippen LogP contribution is -2.48. The molecule has 1 aliphatic rings. The Kier molecular flexibility index (Phi) is 13.3. The molecular formula is C37H45F3N4O6. The lowest BCUT2D eigenvalue weighted by Gasteiger charge is -2.35. The van der Waals surface area contributed by atoms with Crippen molar-refractivity contribution in [1.29, 1.82) is 0 Å². The van der Waals surface area contributed by atoms with E-state index in [1.165, 1.54) is 21.9 Å². The fourth-order valence-electron chi connectivity index (χ4n) is 5.57. The molecule has 13 heteroatoms. The maximum atomic E-state index is 14.3. The van der Waals surface area contributed by atoms with E-state index < -0.39 is 35.8 Å². The number of nitrogens with zero attached hydrogens (tertiary/aromatic N) is 2. The van der Waals surface area contributed by atoms with Crippen molar-refractivity contribution in [2.45, 2.75) is 64.5 Å². The normalized spacial score (nSPS) is 19.7. The molecule has 0 radical (unpaired) electrons. The zero-order chi connectivity index (χ0) is 36.4. The highest BCUT2D eigenvalue weighted by atomic mass is 19.4. The van der Waals surface area contributed by atoms with Crippen LogP contribution in [0.5, 0.6) is 5.75 Å². The van der Waals surface area contributed by atoms with E-state index in [1.807, 2.05) is 19.9 Å². The second kappa shape index (κ2) is 17.3. The average molecular weight is 699 g/mol. The molecule has 0 spiro atoms. The molecule has 3 aromatic carbocycles. The standard InChI is InChI=1S/C37H45F3N4O6/c1-24-21-44(25(2)23-45)35(47)31-20-30(41-34(46)27-11-6-5-7-12-27)17-18-32(31)50-26(3)10-8-9-19-49-33(24)22-43(4)36(48)42-29-15-13-28(14-16-29)37(38,39)40/h5-7,11-18,20,24-26,33,45H,8-10,19,21-23H2,1-4H3,(H,41,46)(H,42,48)/t24-,25+,26-,33-/m1/s1. The minimum absolute atomic E-state index is 0.120. The average Bonchev–Trinajstić information content (AvgIpc) is 3.09. The van der Waals surface area contributed by atoms with Crippen LogP contribution in [0.4, 0.5) is 29.3 Å². The summed E-state index contributed by atoms with van der Waals surface area (Å²) in [5.74, 6) is -0.733. The van der Waals surface area contributed by atoms with E-state index in [1.54, 1.807) is 56.4 Å². The number of ether oxygens (including phenoxy) is 2. The molecule has 270 valence electrons. The van der Waals surface area contributed by atoms with Crippen LogP contribution in [0, 0.1) is 5.92 Å². The van der Waals surface area contributed by atoms with Gasteiger partial charge in [-0.05, 0) is 87.7 Å². The molecule has 1 heterocycles. The summed E-state index contributed by atoms with van der Waals surface area (Å²) in [7, 11) is 1.56. The molecule has 0 saturated carbocycles. The van der Waals surface area contributed by atoms with Crippen molar-refractivity contribution in [2.75, 3.05) is 44.0 Å². The van der Waals surface area contributed by atoms with E-state index in [4.69, 9.17) is 9.47 Å². The predicted octanol–water partition coefficient (Wildman–Crippen LogP) is 6.92. The van der Waals surface area contributed by atoms with Gasteiger partial charge in [0.15, 0.2) is 0 Å². The summed E-state index contributed by atoms with van der Waals surface area (Å²) in [5, 5.41) is 15.7. The SMILES string of the molecule is C[C@@H]1CCCCO[C@H](CN(C)C(=O)Nc2ccc(C(F)(F)F)cc2)[C@H](C)CN([C@@H](C)CO)C(=O)c2cc(NC(=O)c3ccccc3)ccc2O1. The smallest absolute Gasteiger partial charge is 0.416 e. The summed E-state index contributed by atoms with van der Waals surface area (Å²) >= 11 is 0. The van der Waals surface area contributed by atoms with Gasteiger partial charge in [0, 0.05) is 49.6 Å². The topological polar surface area (TPSA) is 120 Å². The molecular weight excluding hydrogens is 653 g/mol. The number of alkyl halides is 3. The van der Waals surface area contributed by atoms with Gasteiger partial charge in [0.05, 0.1) is 36.0 Å². The Balaban J connectivity index is 1.57. The number of likely N-dealkylation sites (N-methyl/N-ethyl adjacent to an activating group) is 1. The van der Waals surface area contributed by atoms with Gasteiger partial charge in [0.2, 0.25) is 0 Å². The van der Waals surface area contributed by atoms with Crippen LogP contribution in [0.3, 0.4) is 0 Å². The van der Waals surface area contributed by atoms with Gasteiger partial charge in [-0.25, -0.2) is 4.79 Å². The number of benzene rings is 3. The lowest BCUT2D eigenvalue weighted by atomic mass is 10.0. The molecule has 1 aliphatic heterocycles. The predicted molar refractivity (Wildman–Crippen MR) is 184 cm³/mol. The Hall–Kier alpha value is -4.62. The number of aliphatic hydroxyl groups is 1. The summed E-state index contributed by atoms with van der Waals surface area (Å²) in [6, 6.07) is 16.6. The van der Waals surface area contributed by atoms with Crippen molar-refractivity contribution in [3.63, 3.8) is 0 Å². The number of halogens is 3. The molecule has 3 aromatic rings. The maximum Gasteiger partial charge on any atom is 0.416 e. The Bertz CT molecular complexity index is 1590. The Morgan fingerprint density at radius 3 is 2.34 bits per heavy atom. The van der Waals surface area contributed by atoms with Gasteiger partial charge >= 0.3 is 12.2 Å². The van der Waals surface area contributed by atoms with E-state index in [9.17, 15) is 32.7 Å². The van der Waals surface area contributed by atoms with Gasteiger partial charge in [-0.3, -0.25) is 9.59 Å². The molecule has 0 bridgehead atoms. The number of hydrogen-bond donors (Lipinski definition) is 3. The van der Waals surface area contributed by atoms with Crippen LogP contribution in [0.1, 0.15) is 66.3 Å². The molecule has 0 saturated heterocycles. The zero-order valence-corrected chi connectivity index (χ0v) is 28.7. The highest BCUT2D eigenvalue weighted by Gasteiger charge is 2.32. The third kappa shape index (κ3) is 10.4. The number of nitrogens with one attached hydrogen (secondary N) is 2. The molecule has 3 N–H and O–H groups in total. The van der Waals surface area contributed by atoms with Crippen LogP contribution in [0.25, 0.3) is 0 Å². The van der Waals surface area contributed by atoms with Gasteiger partial charge in [-0.1, -0.05) is 25.1 Å². The van der Waals surface area contributed by atoms with Gasteiger partial charge in [0.25, 0.3) is 11.8 Å². The highest BCUT2D eigenvalue weighted by molar-refractivity contribution is 6.05. The van der Waals surface area contributed by atoms with Crippen LogP contribution in [0.2, 0.25) is 0 Å². The monoisotopic (exact) mass is 698 g/mol. The number of aliphatic hydroxyl groups excluding tert-OH is 1. The summed E-state index contributed by atoms with van der Waals surface area (Å²) in [6.45, 7) is 5.85. The molecule has 0 unspecified atom stereocenters. The van der Waals surface area contributed by atoms with E-state index in [-0.39, 0.29) is 48.9 Å². The second-order valence-corrected chi connectivity index (χ2v) is 12.7. The molecule has 0 aromatic heterocycles. The summed E-state index contributed by atoms with van der Waals surface area (Å²) in [5.41, 5.74) is 0.460. The van der Waals surface area contributed by atoms with Crippen LogP contribution in [0.15, 0.2) is 72.8 Å². The van der Waals surface area contributed by atoms with Crippen molar-refractivity contribution in [3.05, 3.63) is 89.5 Å². The zero-order valence-electron chi connectivity index (χ0n) is 28.7. The molecule has 4 rings (SSSR count). The third-order valence-electron chi connectivity index (χ3n) is 8.61. The minimum Gasteiger partial charge on any atom is -0.490 e. The molecule has 0 fully saturated rings. The maximum absolute atomic E-state index is 14.3. The van der Waals surface area contributed by atoms with Crippen molar-refractivity contribution in [3.8, 4) is 5.75 Å². The first-order valence-corrected chi connectivity index (χ1v) is 16.7.